The van der Waals surface area contributed by atoms with Gasteiger partial charge in [0.25, 0.3) is 11.8 Å². The molecule has 2 amide bonds. The average Bonchev–Trinajstić information content (AvgIpc) is 3.37. The second-order valence-electron chi connectivity index (χ2n) is 8.71. The van der Waals surface area contributed by atoms with Crippen LogP contribution in [-0.4, -0.2) is 47.0 Å². The summed E-state index contributed by atoms with van der Waals surface area (Å²) in [7, 11) is 0. The monoisotopic (exact) mass is 445 g/mol. The molecule has 0 bridgehead atoms. The molecule has 0 radical (unpaired) electrons. The van der Waals surface area contributed by atoms with Crippen LogP contribution in [-0.2, 0) is 4.79 Å². The summed E-state index contributed by atoms with van der Waals surface area (Å²) in [5, 5.41) is 3.11. The minimum atomic E-state index is -0.0763. The minimum absolute atomic E-state index is 0.0133. The topological polar surface area (TPSA) is 63.6 Å². The first-order chi connectivity index (χ1) is 15.9. The van der Waals surface area contributed by atoms with E-state index in [4.69, 9.17) is 4.74 Å². The summed E-state index contributed by atoms with van der Waals surface area (Å²) in [6.07, 6.45) is 5.42. The van der Waals surface area contributed by atoms with E-state index in [-0.39, 0.29) is 24.5 Å². The molecule has 3 aromatic rings. The summed E-state index contributed by atoms with van der Waals surface area (Å²) in [4.78, 5) is 27.2. The Kier molecular flexibility index (Phi) is 6.82. The number of nitrogens with one attached hydrogen (secondary N) is 1. The van der Waals surface area contributed by atoms with Crippen LogP contribution in [0.25, 0.3) is 5.69 Å². The van der Waals surface area contributed by atoms with Crippen molar-refractivity contribution < 1.29 is 14.3 Å². The van der Waals surface area contributed by atoms with Gasteiger partial charge in [0, 0.05) is 42.8 Å². The van der Waals surface area contributed by atoms with Crippen molar-refractivity contribution in [1.29, 1.82) is 0 Å². The molecule has 1 aliphatic heterocycles. The second kappa shape index (κ2) is 9.94. The van der Waals surface area contributed by atoms with E-state index in [9.17, 15) is 9.59 Å². The fourth-order valence-corrected chi connectivity index (χ4v) is 4.21. The van der Waals surface area contributed by atoms with Gasteiger partial charge in [-0.05, 0) is 86.7 Å². The molecule has 0 unspecified atom stereocenters. The number of carbonyl (C=O) groups excluding carboxylic acids is 2. The van der Waals surface area contributed by atoms with Crippen molar-refractivity contribution in [3.8, 4) is 11.4 Å². The first-order valence-electron chi connectivity index (χ1n) is 11.4. The zero-order chi connectivity index (χ0) is 23.4. The van der Waals surface area contributed by atoms with E-state index in [1.54, 1.807) is 0 Å². The number of carbonyl (C=O) groups is 2. The quantitative estimate of drug-likeness (QED) is 0.618. The lowest BCUT2D eigenvalue weighted by Crippen LogP contribution is -2.47. The molecule has 6 nitrogen and oxygen atoms in total. The Labute approximate surface area is 195 Å². The maximum atomic E-state index is 12.7. The molecule has 172 valence electrons. The third-order valence-corrected chi connectivity index (χ3v) is 6.43. The molecule has 1 aromatic heterocycles. The van der Waals surface area contributed by atoms with Gasteiger partial charge in [0.2, 0.25) is 0 Å². The summed E-state index contributed by atoms with van der Waals surface area (Å²) in [6, 6.07) is 15.6. The lowest BCUT2D eigenvalue weighted by Gasteiger charge is -2.32. The van der Waals surface area contributed by atoms with E-state index < -0.39 is 0 Å². The summed E-state index contributed by atoms with van der Waals surface area (Å²) < 4.78 is 7.89. The molecular formula is C27H31N3O3. The third kappa shape index (κ3) is 5.28. The summed E-state index contributed by atoms with van der Waals surface area (Å²) in [5.41, 5.74) is 4.92. The second-order valence-corrected chi connectivity index (χ2v) is 8.71. The Morgan fingerprint density at radius 1 is 0.939 bits per heavy atom. The molecule has 0 saturated carbocycles. The Hall–Kier alpha value is -3.54. The number of benzene rings is 2. The fraction of sp³-hybridized carbons (Fsp3) is 0.333. The molecule has 33 heavy (non-hydrogen) atoms. The van der Waals surface area contributed by atoms with Crippen LogP contribution in [0.3, 0.4) is 0 Å². The van der Waals surface area contributed by atoms with Crippen molar-refractivity contribution in [3.05, 3.63) is 83.2 Å². The van der Waals surface area contributed by atoms with Gasteiger partial charge in [-0.2, -0.15) is 0 Å². The highest BCUT2D eigenvalue weighted by molar-refractivity contribution is 5.94. The minimum Gasteiger partial charge on any atom is -0.483 e. The van der Waals surface area contributed by atoms with Crippen molar-refractivity contribution in [3.63, 3.8) is 0 Å². The molecule has 4 rings (SSSR count). The SMILES string of the molecule is Cc1ccc(C)c(OCC(=O)N2CCC(NC(=O)c3ccc(-n4cccc4)cc3)CC2)c1C. The highest BCUT2D eigenvalue weighted by Crippen LogP contribution is 2.26. The maximum Gasteiger partial charge on any atom is 0.260 e. The zero-order valence-corrected chi connectivity index (χ0v) is 19.5. The van der Waals surface area contributed by atoms with Crippen LogP contribution in [0.15, 0.2) is 60.9 Å². The molecule has 2 heterocycles. The van der Waals surface area contributed by atoms with E-state index in [2.05, 4.69) is 11.4 Å². The van der Waals surface area contributed by atoms with Gasteiger partial charge < -0.3 is 19.5 Å². The van der Waals surface area contributed by atoms with E-state index >= 15 is 0 Å². The third-order valence-electron chi connectivity index (χ3n) is 6.43. The van der Waals surface area contributed by atoms with E-state index in [1.165, 1.54) is 0 Å². The van der Waals surface area contributed by atoms with Crippen molar-refractivity contribution in [2.24, 2.45) is 0 Å². The normalized spacial score (nSPS) is 14.2. The predicted octanol–water partition coefficient (Wildman–Crippen LogP) is 4.20. The van der Waals surface area contributed by atoms with Gasteiger partial charge >= 0.3 is 0 Å². The van der Waals surface area contributed by atoms with Gasteiger partial charge in [0.1, 0.15) is 5.75 Å². The first-order valence-corrected chi connectivity index (χ1v) is 11.4. The molecular weight excluding hydrogens is 414 g/mol. The fourth-order valence-electron chi connectivity index (χ4n) is 4.21. The molecule has 1 N–H and O–H groups in total. The summed E-state index contributed by atoms with van der Waals surface area (Å²) in [6.45, 7) is 7.32. The van der Waals surface area contributed by atoms with Gasteiger partial charge in [-0.25, -0.2) is 0 Å². The number of aromatic nitrogens is 1. The number of hydrogen-bond acceptors (Lipinski definition) is 3. The average molecular weight is 446 g/mol. The highest BCUT2D eigenvalue weighted by Gasteiger charge is 2.24. The number of likely N-dealkylation sites (tertiary alicyclic amines) is 1. The van der Waals surface area contributed by atoms with E-state index in [0.29, 0.717) is 18.7 Å². The van der Waals surface area contributed by atoms with Crippen molar-refractivity contribution in [2.75, 3.05) is 19.7 Å². The van der Waals surface area contributed by atoms with Gasteiger partial charge in [-0.3, -0.25) is 9.59 Å². The molecule has 0 aliphatic carbocycles. The zero-order valence-electron chi connectivity index (χ0n) is 19.5. The lowest BCUT2D eigenvalue weighted by molar-refractivity contribution is -0.134. The van der Waals surface area contributed by atoms with E-state index in [0.717, 1.165) is 41.0 Å². The van der Waals surface area contributed by atoms with Crippen LogP contribution in [0.4, 0.5) is 0 Å². The van der Waals surface area contributed by atoms with Gasteiger partial charge in [-0.15, -0.1) is 0 Å². The van der Waals surface area contributed by atoms with Crippen LogP contribution >= 0.6 is 0 Å². The van der Waals surface area contributed by atoms with Crippen LogP contribution in [0.1, 0.15) is 39.9 Å². The number of aryl methyl sites for hydroxylation is 2. The predicted molar refractivity (Wildman–Crippen MR) is 129 cm³/mol. The lowest BCUT2D eigenvalue weighted by atomic mass is 10.0. The van der Waals surface area contributed by atoms with Crippen molar-refractivity contribution >= 4 is 11.8 Å². The van der Waals surface area contributed by atoms with Crippen LogP contribution in [0.2, 0.25) is 0 Å². The molecule has 6 heteroatoms. The van der Waals surface area contributed by atoms with Crippen molar-refractivity contribution in [1.82, 2.24) is 14.8 Å². The van der Waals surface area contributed by atoms with Gasteiger partial charge in [0.15, 0.2) is 6.61 Å². The Balaban J connectivity index is 1.25. The Morgan fingerprint density at radius 3 is 2.24 bits per heavy atom. The molecule has 1 saturated heterocycles. The number of rotatable bonds is 6. The van der Waals surface area contributed by atoms with Crippen molar-refractivity contribution in [2.45, 2.75) is 39.7 Å². The largest absolute Gasteiger partial charge is 0.483 e. The molecule has 2 aromatic carbocycles. The van der Waals surface area contributed by atoms with Crippen LogP contribution < -0.4 is 10.1 Å². The highest BCUT2D eigenvalue weighted by atomic mass is 16.5. The number of hydrogen-bond donors (Lipinski definition) is 1. The maximum absolute atomic E-state index is 12.7. The standard InChI is InChI=1S/C27H31N3O3/c1-19-6-7-20(2)26(21(19)3)33-18-25(31)30-16-12-23(13-17-30)28-27(32)22-8-10-24(11-9-22)29-14-4-5-15-29/h4-11,14-15,23H,12-13,16-18H2,1-3H3,(H,28,32). The van der Waals surface area contributed by atoms with Crippen LogP contribution in [0, 0.1) is 20.8 Å². The Morgan fingerprint density at radius 2 is 1.58 bits per heavy atom. The molecule has 1 fully saturated rings. The summed E-state index contributed by atoms with van der Waals surface area (Å²) in [5.74, 6) is 0.710. The number of piperidine rings is 1. The number of nitrogens with zero attached hydrogens (tertiary/aromatic N) is 2. The van der Waals surface area contributed by atoms with Crippen LogP contribution in [0.5, 0.6) is 5.75 Å². The molecule has 0 spiro atoms. The van der Waals surface area contributed by atoms with Gasteiger partial charge in [0.05, 0.1) is 0 Å². The molecule has 0 atom stereocenters. The number of ether oxygens (including phenoxy) is 1. The smallest absolute Gasteiger partial charge is 0.260 e. The molecule has 1 aliphatic rings. The summed E-state index contributed by atoms with van der Waals surface area (Å²) >= 11 is 0. The Bertz CT molecular complexity index is 1110. The first kappa shape index (κ1) is 22.6. The van der Waals surface area contributed by atoms with Gasteiger partial charge in [-0.1, -0.05) is 12.1 Å². The van der Waals surface area contributed by atoms with E-state index in [1.807, 2.05) is 85.1 Å². The number of amides is 2.